The number of H-pyrrole nitrogens is 1. The van der Waals surface area contributed by atoms with Gasteiger partial charge in [0.1, 0.15) is 0 Å². The first-order valence-corrected chi connectivity index (χ1v) is 4.17. The first-order chi connectivity index (χ1) is 5.92. The number of aromatic amines is 1. The first-order valence-electron chi connectivity index (χ1n) is 4.17. The van der Waals surface area contributed by atoms with Gasteiger partial charge >= 0.3 is 0 Å². The van der Waals surface area contributed by atoms with E-state index < -0.39 is 0 Å². The van der Waals surface area contributed by atoms with Gasteiger partial charge in [0.15, 0.2) is 0 Å². The third kappa shape index (κ3) is 1.13. The molecule has 0 spiro atoms. The molecule has 0 aliphatic rings. The molecule has 2 rings (SSSR count). The van der Waals surface area contributed by atoms with Crippen molar-refractivity contribution in [1.82, 2.24) is 4.98 Å². The Kier molecular flexibility index (Phi) is 1.90. The molecule has 1 aromatic carbocycles. The molecule has 2 aromatic rings. The Bertz CT molecular complexity index is 378. The number of nitrogens with one attached hydrogen (secondary N) is 1. The zero-order chi connectivity index (χ0) is 8.39. The van der Waals surface area contributed by atoms with Crippen LogP contribution in [0.15, 0.2) is 30.5 Å². The molecular weight excluding hydrogens is 145 g/mol. The quantitative estimate of drug-likeness (QED) is 0.640. The minimum atomic E-state index is 0.706. The lowest BCUT2D eigenvalue weighted by atomic mass is 9.96. The number of para-hydroxylation sites is 1. The van der Waals surface area contributed by atoms with Gasteiger partial charge in [0, 0.05) is 11.7 Å². The lowest BCUT2D eigenvalue weighted by Crippen LogP contribution is -1.85. The van der Waals surface area contributed by atoms with Gasteiger partial charge in [-0.25, -0.2) is 0 Å². The predicted molar refractivity (Wildman–Crippen MR) is 52.6 cm³/mol. The van der Waals surface area contributed by atoms with E-state index in [2.05, 4.69) is 29.2 Å². The van der Waals surface area contributed by atoms with Crippen LogP contribution in [0.2, 0.25) is 6.32 Å². The molecule has 1 N–H and O–H groups in total. The van der Waals surface area contributed by atoms with Crippen LogP contribution in [0.25, 0.3) is 10.9 Å². The molecule has 0 atom stereocenters. The zero-order valence-corrected chi connectivity index (χ0v) is 6.88. The summed E-state index contributed by atoms with van der Waals surface area (Å²) in [7, 11) is 5.51. The van der Waals surface area contributed by atoms with Crippen molar-refractivity contribution in [2.75, 3.05) is 0 Å². The highest BCUT2D eigenvalue weighted by Gasteiger charge is 1.98. The molecule has 0 unspecified atom stereocenters. The second-order valence-electron chi connectivity index (χ2n) is 2.90. The molecule has 0 saturated heterocycles. The summed E-state index contributed by atoms with van der Waals surface area (Å²) in [4.78, 5) is 3.22. The fraction of sp³-hybridized carbons (Fsp3) is 0.200. The van der Waals surface area contributed by atoms with Gasteiger partial charge in [0.05, 0.1) is 7.85 Å². The Morgan fingerprint density at radius 1 is 1.25 bits per heavy atom. The Balaban J connectivity index is 2.57. The van der Waals surface area contributed by atoms with E-state index in [-0.39, 0.29) is 0 Å². The summed E-state index contributed by atoms with van der Waals surface area (Å²) in [6, 6.07) is 8.37. The molecule has 0 aliphatic heterocycles. The molecular formula is C10H10BN. The number of fused-ring (bicyclic) bond motifs is 1. The molecule has 12 heavy (non-hydrogen) atoms. The van der Waals surface area contributed by atoms with Crippen LogP contribution in [-0.4, -0.2) is 12.8 Å². The van der Waals surface area contributed by atoms with Crippen LogP contribution >= 0.6 is 0 Å². The van der Waals surface area contributed by atoms with Gasteiger partial charge in [0.25, 0.3) is 0 Å². The Morgan fingerprint density at radius 2 is 2.17 bits per heavy atom. The van der Waals surface area contributed by atoms with Crippen molar-refractivity contribution in [3.63, 3.8) is 0 Å². The number of aromatic nitrogens is 1. The predicted octanol–water partition coefficient (Wildman–Crippen LogP) is 2.30. The topological polar surface area (TPSA) is 15.8 Å². The van der Waals surface area contributed by atoms with Crippen LogP contribution in [0.4, 0.5) is 0 Å². The van der Waals surface area contributed by atoms with E-state index >= 15 is 0 Å². The molecule has 0 saturated carbocycles. The summed E-state index contributed by atoms with van der Waals surface area (Å²) >= 11 is 0. The smallest absolute Gasteiger partial charge is 0.0657 e. The van der Waals surface area contributed by atoms with Crippen LogP contribution in [0, 0.1) is 0 Å². The van der Waals surface area contributed by atoms with Crippen molar-refractivity contribution in [3.8, 4) is 0 Å². The SMILES string of the molecule is [B]CCc1cccc2cc[nH]c12. The summed E-state index contributed by atoms with van der Waals surface area (Å²) in [5.74, 6) is 0. The summed E-state index contributed by atoms with van der Waals surface area (Å²) in [6.07, 6.45) is 3.61. The van der Waals surface area contributed by atoms with Gasteiger partial charge in [-0.15, -0.1) is 0 Å². The van der Waals surface area contributed by atoms with Gasteiger partial charge < -0.3 is 4.98 Å². The highest BCUT2D eigenvalue weighted by Crippen LogP contribution is 2.17. The Morgan fingerprint density at radius 3 is 3.00 bits per heavy atom. The maximum atomic E-state index is 5.51. The lowest BCUT2D eigenvalue weighted by molar-refractivity contribution is 1.14. The normalized spacial score (nSPS) is 10.7. The highest BCUT2D eigenvalue weighted by molar-refractivity contribution is 6.08. The maximum Gasteiger partial charge on any atom is 0.0657 e. The van der Waals surface area contributed by atoms with Gasteiger partial charge in [-0.05, 0) is 23.4 Å². The van der Waals surface area contributed by atoms with Crippen LogP contribution < -0.4 is 0 Å². The number of rotatable bonds is 2. The fourth-order valence-corrected chi connectivity index (χ4v) is 1.51. The standard InChI is InChI=1S/C10H10BN/c11-6-4-8-2-1-3-9-5-7-12-10(8)9/h1-3,5,7,12H,4,6H2. The number of hydrogen-bond acceptors (Lipinski definition) is 0. The number of hydrogen-bond donors (Lipinski definition) is 1. The van der Waals surface area contributed by atoms with E-state index in [0.29, 0.717) is 6.32 Å². The van der Waals surface area contributed by atoms with E-state index in [9.17, 15) is 0 Å². The van der Waals surface area contributed by atoms with Gasteiger partial charge in [-0.3, -0.25) is 0 Å². The largest absolute Gasteiger partial charge is 0.361 e. The maximum absolute atomic E-state index is 5.51. The lowest BCUT2D eigenvalue weighted by Gasteiger charge is -1.99. The summed E-state index contributed by atoms with van der Waals surface area (Å²) < 4.78 is 0. The average Bonchev–Trinajstić information content (AvgIpc) is 2.53. The van der Waals surface area contributed by atoms with Crippen molar-refractivity contribution >= 4 is 18.7 Å². The van der Waals surface area contributed by atoms with Crippen molar-refractivity contribution in [2.45, 2.75) is 12.7 Å². The van der Waals surface area contributed by atoms with Gasteiger partial charge in [-0.2, -0.15) is 0 Å². The zero-order valence-electron chi connectivity index (χ0n) is 6.88. The average molecular weight is 155 g/mol. The molecule has 1 heterocycles. The Hall–Kier alpha value is -1.18. The van der Waals surface area contributed by atoms with Crippen LogP contribution in [-0.2, 0) is 6.42 Å². The molecule has 2 radical (unpaired) electrons. The van der Waals surface area contributed by atoms with E-state index in [1.165, 1.54) is 16.5 Å². The monoisotopic (exact) mass is 155 g/mol. The van der Waals surface area contributed by atoms with Crippen LogP contribution in [0.5, 0.6) is 0 Å². The summed E-state index contributed by atoms with van der Waals surface area (Å²) in [5, 5.41) is 1.26. The Labute approximate surface area is 73.2 Å². The van der Waals surface area contributed by atoms with E-state index in [4.69, 9.17) is 7.85 Å². The molecule has 1 nitrogen and oxygen atoms in total. The van der Waals surface area contributed by atoms with Crippen LogP contribution in [0.1, 0.15) is 5.56 Å². The molecule has 1 aromatic heterocycles. The second-order valence-corrected chi connectivity index (χ2v) is 2.90. The molecule has 0 aliphatic carbocycles. The van der Waals surface area contributed by atoms with Crippen molar-refractivity contribution in [2.24, 2.45) is 0 Å². The minimum Gasteiger partial charge on any atom is -0.361 e. The first kappa shape index (κ1) is 7.47. The van der Waals surface area contributed by atoms with Crippen molar-refractivity contribution in [1.29, 1.82) is 0 Å². The highest BCUT2D eigenvalue weighted by atomic mass is 14.7. The molecule has 0 bridgehead atoms. The second kappa shape index (κ2) is 3.06. The third-order valence-corrected chi connectivity index (χ3v) is 2.09. The third-order valence-electron chi connectivity index (χ3n) is 2.09. The molecule has 58 valence electrons. The minimum absolute atomic E-state index is 0.706. The van der Waals surface area contributed by atoms with Crippen LogP contribution in [0.3, 0.4) is 0 Å². The summed E-state index contributed by atoms with van der Waals surface area (Å²) in [5.41, 5.74) is 2.53. The van der Waals surface area contributed by atoms with E-state index in [1.54, 1.807) is 0 Å². The summed E-state index contributed by atoms with van der Waals surface area (Å²) in [6.45, 7) is 0. The van der Waals surface area contributed by atoms with Gasteiger partial charge in [0.2, 0.25) is 0 Å². The molecule has 0 fully saturated rings. The van der Waals surface area contributed by atoms with E-state index in [1.807, 2.05) is 6.20 Å². The van der Waals surface area contributed by atoms with Crippen molar-refractivity contribution in [3.05, 3.63) is 36.0 Å². The number of benzene rings is 1. The van der Waals surface area contributed by atoms with Crippen molar-refractivity contribution < 1.29 is 0 Å². The fourth-order valence-electron chi connectivity index (χ4n) is 1.51. The number of aryl methyl sites for hydroxylation is 1. The van der Waals surface area contributed by atoms with E-state index in [0.717, 1.165) is 6.42 Å². The van der Waals surface area contributed by atoms with Gasteiger partial charge in [-0.1, -0.05) is 24.5 Å². The molecule has 0 amide bonds. The molecule has 2 heteroatoms.